The van der Waals surface area contributed by atoms with Crippen LogP contribution in [0.15, 0.2) is 24.3 Å². The molecule has 0 saturated heterocycles. The van der Waals surface area contributed by atoms with Crippen molar-refractivity contribution in [1.82, 2.24) is 0 Å². The number of alkyl halides is 1. The summed E-state index contributed by atoms with van der Waals surface area (Å²) >= 11 is 3.32. The highest BCUT2D eigenvalue weighted by molar-refractivity contribution is 9.09. The number of benzene rings is 1. The number of hydrogen-bond acceptors (Lipinski definition) is 2. The van der Waals surface area contributed by atoms with Gasteiger partial charge in [0.25, 0.3) is 5.69 Å². The largest absolute Gasteiger partial charge is 0.270 e. The van der Waals surface area contributed by atoms with Crippen LogP contribution in [0.1, 0.15) is 17.5 Å². The van der Waals surface area contributed by atoms with Crippen LogP contribution in [0, 0.1) is 17.0 Å². The van der Waals surface area contributed by atoms with Crippen molar-refractivity contribution in [3.05, 3.63) is 45.5 Å². The number of nitro groups is 1. The molecule has 0 aliphatic carbocycles. The topological polar surface area (TPSA) is 43.1 Å². The zero-order valence-electron chi connectivity index (χ0n) is 8.44. The van der Waals surface area contributed by atoms with E-state index in [-0.39, 0.29) is 10.6 Å². The standard InChI is InChI=1S/C11H12BrNO2/c1-9-5-6-11(13(14)15)8-10(9)4-2-3-7-12/h2,4-6,8H,3,7H2,1H3. The van der Waals surface area contributed by atoms with Crippen molar-refractivity contribution in [2.24, 2.45) is 0 Å². The van der Waals surface area contributed by atoms with E-state index in [9.17, 15) is 10.1 Å². The molecule has 15 heavy (non-hydrogen) atoms. The van der Waals surface area contributed by atoms with Crippen molar-refractivity contribution in [1.29, 1.82) is 0 Å². The summed E-state index contributed by atoms with van der Waals surface area (Å²) in [5.41, 5.74) is 2.09. The summed E-state index contributed by atoms with van der Waals surface area (Å²) in [7, 11) is 0. The molecule has 0 aliphatic heterocycles. The second-order valence-electron chi connectivity index (χ2n) is 3.18. The molecule has 0 saturated carbocycles. The number of nitrogens with zero attached hydrogens (tertiary/aromatic N) is 1. The maximum absolute atomic E-state index is 10.6. The Morgan fingerprint density at radius 3 is 2.87 bits per heavy atom. The zero-order chi connectivity index (χ0) is 11.3. The predicted octanol–water partition coefficient (Wildman–Crippen LogP) is 3.70. The fraction of sp³-hybridized carbons (Fsp3) is 0.273. The van der Waals surface area contributed by atoms with Gasteiger partial charge in [0.15, 0.2) is 0 Å². The number of rotatable bonds is 4. The molecule has 0 heterocycles. The van der Waals surface area contributed by atoms with Crippen LogP contribution in [0.4, 0.5) is 5.69 Å². The van der Waals surface area contributed by atoms with Crippen molar-refractivity contribution in [3.63, 3.8) is 0 Å². The Morgan fingerprint density at radius 2 is 2.27 bits per heavy atom. The lowest BCUT2D eigenvalue weighted by molar-refractivity contribution is -0.384. The molecule has 0 atom stereocenters. The molecule has 1 aromatic rings. The van der Waals surface area contributed by atoms with Gasteiger partial charge in [-0.25, -0.2) is 0 Å². The van der Waals surface area contributed by atoms with E-state index in [2.05, 4.69) is 15.9 Å². The highest BCUT2D eigenvalue weighted by Gasteiger charge is 2.06. The molecule has 1 aromatic carbocycles. The van der Waals surface area contributed by atoms with Gasteiger partial charge < -0.3 is 0 Å². The summed E-state index contributed by atoms with van der Waals surface area (Å²) in [6.45, 7) is 1.94. The van der Waals surface area contributed by atoms with E-state index >= 15 is 0 Å². The maximum Gasteiger partial charge on any atom is 0.270 e. The van der Waals surface area contributed by atoms with Gasteiger partial charge in [0.2, 0.25) is 0 Å². The smallest absolute Gasteiger partial charge is 0.258 e. The molecule has 4 heteroatoms. The Bertz CT molecular complexity index is 388. The molecular weight excluding hydrogens is 258 g/mol. The Hall–Kier alpha value is -1.16. The molecule has 1 rings (SSSR count). The van der Waals surface area contributed by atoms with Crippen molar-refractivity contribution in [3.8, 4) is 0 Å². The van der Waals surface area contributed by atoms with E-state index in [0.717, 1.165) is 22.9 Å². The first-order chi connectivity index (χ1) is 7.15. The summed E-state index contributed by atoms with van der Waals surface area (Å²) in [4.78, 5) is 10.2. The van der Waals surface area contributed by atoms with Crippen LogP contribution in [0.5, 0.6) is 0 Å². The summed E-state index contributed by atoms with van der Waals surface area (Å²) in [6.07, 6.45) is 4.84. The highest BCUT2D eigenvalue weighted by Crippen LogP contribution is 2.18. The van der Waals surface area contributed by atoms with E-state index in [1.54, 1.807) is 12.1 Å². The third-order valence-corrected chi connectivity index (χ3v) is 2.50. The first kappa shape index (κ1) is 11.9. The molecule has 0 bridgehead atoms. The lowest BCUT2D eigenvalue weighted by atomic mass is 10.1. The van der Waals surface area contributed by atoms with Gasteiger partial charge in [-0.3, -0.25) is 10.1 Å². The normalized spacial score (nSPS) is 10.8. The first-order valence-electron chi connectivity index (χ1n) is 4.62. The third kappa shape index (κ3) is 3.47. The van der Waals surface area contributed by atoms with Crippen LogP contribution in [-0.4, -0.2) is 10.3 Å². The van der Waals surface area contributed by atoms with Gasteiger partial charge in [-0.1, -0.05) is 34.1 Å². The van der Waals surface area contributed by atoms with Crippen molar-refractivity contribution in [2.45, 2.75) is 13.3 Å². The van der Waals surface area contributed by atoms with Crippen LogP contribution < -0.4 is 0 Å². The second kappa shape index (κ2) is 5.66. The lowest BCUT2D eigenvalue weighted by Gasteiger charge is -1.99. The van der Waals surface area contributed by atoms with E-state index in [1.165, 1.54) is 6.07 Å². The number of non-ortho nitro benzene ring substituents is 1. The lowest BCUT2D eigenvalue weighted by Crippen LogP contribution is -1.89. The Morgan fingerprint density at radius 1 is 1.53 bits per heavy atom. The highest BCUT2D eigenvalue weighted by atomic mass is 79.9. The summed E-state index contributed by atoms with van der Waals surface area (Å²) in [5.74, 6) is 0. The molecule has 0 fully saturated rings. The summed E-state index contributed by atoms with van der Waals surface area (Å²) < 4.78 is 0. The molecule has 0 N–H and O–H groups in total. The fourth-order valence-corrected chi connectivity index (χ4v) is 1.46. The molecule has 0 radical (unpaired) electrons. The first-order valence-corrected chi connectivity index (χ1v) is 5.75. The number of halogens is 1. The number of nitro benzene ring substituents is 1. The van der Waals surface area contributed by atoms with Crippen molar-refractivity contribution in [2.75, 3.05) is 5.33 Å². The molecular formula is C11H12BrNO2. The van der Waals surface area contributed by atoms with Gasteiger partial charge in [-0.15, -0.1) is 0 Å². The molecule has 3 nitrogen and oxygen atoms in total. The van der Waals surface area contributed by atoms with Crippen LogP contribution in [0.2, 0.25) is 0 Å². The molecule has 0 amide bonds. The number of allylic oxidation sites excluding steroid dienone is 1. The van der Waals surface area contributed by atoms with Gasteiger partial charge in [0.1, 0.15) is 0 Å². The van der Waals surface area contributed by atoms with Crippen molar-refractivity contribution >= 4 is 27.7 Å². The maximum atomic E-state index is 10.6. The molecule has 0 aromatic heterocycles. The molecule has 80 valence electrons. The summed E-state index contributed by atoms with van der Waals surface area (Å²) in [5, 5.41) is 11.5. The molecule has 0 unspecified atom stereocenters. The Balaban J connectivity index is 2.95. The van der Waals surface area contributed by atoms with Gasteiger partial charge >= 0.3 is 0 Å². The van der Waals surface area contributed by atoms with E-state index in [4.69, 9.17) is 0 Å². The average Bonchev–Trinajstić information content (AvgIpc) is 2.20. The predicted molar refractivity (Wildman–Crippen MR) is 65.3 cm³/mol. The molecule has 0 aliphatic rings. The monoisotopic (exact) mass is 269 g/mol. The van der Waals surface area contributed by atoms with Gasteiger partial charge in [0, 0.05) is 17.5 Å². The van der Waals surface area contributed by atoms with E-state index in [0.29, 0.717) is 0 Å². The van der Waals surface area contributed by atoms with Crippen LogP contribution in [0.3, 0.4) is 0 Å². The average molecular weight is 270 g/mol. The fourth-order valence-electron chi connectivity index (χ4n) is 1.19. The minimum absolute atomic E-state index is 0.138. The van der Waals surface area contributed by atoms with Gasteiger partial charge in [-0.2, -0.15) is 0 Å². The van der Waals surface area contributed by atoms with E-state index in [1.807, 2.05) is 19.1 Å². The molecule has 0 spiro atoms. The minimum atomic E-state index is -0.374. The quantitative estimate of drug-likeness (QED) is 0.475. The third-order valence-electron chi connectivity index (χ3n) is 2.05. The summed E-state index contributed by atoms with van der Waals surface area (Å²) in [6, 6.07) is 4.89. The second-order valence-corrected chi connectivity index (χ2v) is 3.97. The van der Waals surface area contributed by atoms with Crippen molar-refractivity contribution < 1.29 is 4.92 Å². The van der Waals surface area contributed by atoms with E-state index < -0.39 is 0 Å². The Kier molecular flexibility index (Phi) is 4.49. The zero-order valence-corrected chi connectivity index (χ0v) is 10.0. The van der Waals surface area contributed by atoms with Gasteiger partial charge in [-0.05, 0) is 24.5 Å². The van der Waals surface area contributed by atoms with Gasteiger partial charge in [0.05, 0.1) is 4.92 Å². The Labute approximate surface area is 97.1 Å². The van der Waals surface area contributed by atoms with Crippen LogP contribution >= 0.6 is 15.9 Å². The SMILES string of the molecule is Cc1ccc([N+](=O)[O-])cc1C=CCCBr. The van der Waals surface area contributed by atoms with Crippen LogP contribution in [0.25, 0.3) is 6.08 Å². The minimum Gasteiger partial charge on any atom is -0.258 e. The number of aryl methyl sites for hydroxylation is 1. The number of hydrogen-bond donors (Lipinski definition) is 0. The van der Waals surface area contributed by atoms with Crippen LogP contribution in [-0.2, 0) is 0 Å².